The highest BCUT2D eigenvalue weighted by Gasteiger charge is 2.13. The number of nitrogens with two attached hydrogens (primary N) is 1. The molecular weight excluding hydrogens is 204 g/mol. The van der Waals surface area contributed by atoms with Crippen LogP contribution < -0.4 is 11.1 Å². The van der Waals surface area contributed by atoms with Crippen LogP contribution in [0.1, 0.15) is 18.9 Å². The highest BCUT2D eigenvalue weighted by molar-refractivity contribution is 5.78. The van der Waals surface area contributed by atoms with Gasteiger partial charge in [0, 0.05) is 19.0 Å². The number of hydrogen-bond donors (Lipinski definition) is 3. The fourth-order valence-electron chi connectivity index (χ4n) is 1.41. The molecule has 16 heavy (non-hydrogen) atoms. The van der Waals surface area contributed by atoms with E-state index in [9.17, 15) is 4.79 Å². The molecule has 0 saturated carbocycles. The molecule has 0 aromatic heterocycles. The van der Waals surface area contributed by atoms with Crippen LogP contribution in [0.2, 0.25) is 0 Å². The second-order valence-electron chi connectivity index (χ2n) is 3.73. The molecule has 0 radical (unpaired) electrons. The number of amides is 1. The summed E-state index contributed by atoms with van der Waals surface area (Å²) in [5, 5.41) is 11.9. The van der Waals surface area contributed by atoms with E-state index >= 15 is 0 Å². The first-order valence-corrected chi connectivity index (χ1v) is 5.43. The van der Waals surface area contributed by atoms with Gasteiger partial charge in [-0.2, -0.15) is 0 Å². The molecule has 88 valence electrons. The summed E-state index contributed by atoms with van der Waals surface area (Å²) in [7, 11) is 0. The molecule has 4 nitrogen and oxygen atoms in total. The Morgan fingerprint density at radius 2 is 2.06 bits per heavy atom. The Hall–Kier alpha value is -1.55. The highest BCUT2D eigenvalue weighted by atomic mass is 16.3. The molecule has 1 amide bonds. The van der Waals surface area contributed by atoms with Gasteiger partial charge in [0.25, 0.3) is 0 Å². The third-order valence-corrected chi connectivity index (χ3v) is 2.55. The Morgan fingerprint density at radius 3 is 2.56 bits per heavy atom. The van der Waals surface area contributed by atoms with Gasteiger partial charge in [0.1, 0.15) is 5.75 Å². The first-order valence-electron chi connectivity index (χ1n) is 5.43. The first kappa shape index (κ1) is 12.5. The maximum atomic E-state index is 11.6. The summed E-state index contributed by atoms with van der Waals surface area (Å²) in [5.41, 5.74) is 6.44. The maximum absolute atomic E-state index is 11.6. The van der Waals surface area contributed by atoms with Gasteiger partial charge in [-0.25, -0.2) is 0 Å². The van der Waals surface area contributed by atoms with Crippen LogP contribution in [0.4, 0.5) is 0 Å². The van der Waals surface area contributed by atoms with Crippen molar-refractivity contribution in [2.45, 2.75) is 19.9 Å². The molecule has 0 fully saturated rings. The van der Waals surface area contributed by atoms with Crippen LogP contribution in [-0.4, -0.2) is 17.6 Å². The van der Waals surface area contributed by atoms with Crippen molar-refractivity contribution in [1.82, 2.24) is 5.32 Å². The number of rotatable bonds is 5. The van der Waals surface area contributed by atoms with Gasteiger partial charge >= 0.3 is 0 Å². The second-order valence-corrected chi connectivity index (χ2v) is 3.73. The third kappa shape index (κ3) is 3.55. The molecular formula is C12H18N2O2. The number of carbonyl (C=O) groups excluding carboxylic acids is 1. The van der Waals surface area contributed by atoms with Crippen molar-refractivity contribution in [3.8, 4) is 5.75 Å². The van der Waals surface area contributed by atoms with Gasteiger partial charge in [0.2, 0.25) is 5.91 Å². The van der Waals surface area contributed by atoms with E-state index in [1.807, 2.05) is 6.92 Å². The van der Waals surface area contributed by atoms with Gasteiger partial charge in [-0.3, -0.25) is 4.79 Å². The van der Waals surface area contributed by atoms with Crippen molar-refractivity contribution >= 4 is 5.91 Å². The van der Waals surface area contributed by atoms with Crippen LogP contribution in [0.5, 0.6) is 5.75 Å². The lowest BCUT2D eigenvalue weighted by molar-refractivity contribution is -0.124. The van der Waals surface area contributed by atoms with Gasteiger partial charge in [-0.1, -0.05) is 19.1 Å². The normalized spacial score (nSPS) is 12.1. The van der Waals surface area contributed by atoms with Crippen LogP contribution in [-0.2, 0) is 11.3 Å². The SMILES string of the molecule is CCC(CN)C(=O)NCc1ccc(O)cc1. The molecule has 1 aromatic rings. The number of phenolic OH excluding ortho intramolecular Hbond substituents is 1. The average Bonchev–Trinajstić information content (AvgIpc) is 2.30. The van der Waals surface area contributed by atoms with Gasteiger partial charge in [0.15, 0.2) is 0 Å². The first-order chi connectivity index (χ1) is 7.67. The Morgan fingerprint density at radius 1 is 1.44 bits per heavy atom. The number of aromatic hydroxyl groups is 1. The van der Waals surface area contributed by atoms with E-state index < -0.39 is 0 Å². The molecule has 4 N–H and O–H groups in total. The summed E-state index contributed by atoms with van der Waals surface area (Å²) in [6.45, 7) is 2.78. The second kappa shape index (κ2) is 6.12. The lowest BCUT2D eigenvalue weighted by atomic mass is 10.1. The van der Waals surface area contributed by atoms with Gasteiger partial charge in [0.05, 0.1) is 0 Å². The number of phenols is 1. The molecule has 0 saturated heterocycles. The molecule has 1 rings (SSSR count). The zero-order valence-corrected chi connectivity index (χ0v) is 9.44. The zero-order valence-electron chi connectivity index (χ0n) is 9.44. The molecule has 1 aromatic carbocycles. The Bertz CT molecular complexity index is 331. The molecule has 0 bridgehead atoms. The number of carbonyl (C=O) groups is 1. The topological polar surface area (TPSA) is 75.4 Å². The van der Waals surface area contributed by atoms with E-state index in [1.165, 1.54) is 0 Å². The van der Waals surface area contributed by atoms with Gasteiger partial charge in [-0.15, -0.1) is 0 Å². The van der Waals surface area contributed by atoms with Crippen molar-refractivity contribution in [2.24, 2.45) is 11.7 Å². The average molecular weight is 222 g/mol. The van der Waals surface area contributed by atoms with Crippen LogP contribution in [0.25, 0.3) is 0 Å². The van der Waals surface area contributed by atoms with Crippen LogP contribution >= 0.6 is 0 Å². The van der Waals surface area contributed by atoms with Gasteiger partial charge < -0.3 is 16.2 Å². The minimum absolute atomic E-state index is 0.0157. The lowest BCUT2D eigenvalue weighted by Gasteiger charge is -2.12. The number of hydrogen-bond acceptors (Lipinski definition) is 3. The minimum atomic E-state index is -0.114. The van der Waals surface area contributed by atoms with Crippen molar-refractivity contribution in [3.63, 3.8) is 0 Å². The van der Waals surface area contributed by atoms with Crippen LogP contribution in [0.15, 0.2) is 24.3 Å². The molecule has 0 aliphatic rings. The molecule has 0 spiro atoms. The fourth-order valence-corrected chi connectivity index (χ4v) is 1.41. The monoisotopic (exact) mass is 222 g/mol. The van der Waals surface area contributed by atoms with Crippen LogP contribution in [0, 0.1) is 5.92 Å². The summed E-state index contributed by atoms with van der Waals surface area (Å²) in [4.78, 5) is 11.6. The fraction of sp³-hybridized carbons (Fsp3) is 0.417. The summed E-state index contributed by atoms with van der Waals surface area (Å²) in [5.74, 6) is 0.0960. The van der Waals surface area contributed by atoms with Crippen molar-refractivity contribution in [1.29, 1.82) is 0 Å². The Labute approximate surface area is 95.5 Å². The molecule has 0 aliphatic carbocycles. The summed E-state index contributed by atoms with van der Waals surface area (Å²) in [6.07, 6.45) is 0.748. The molecule has 0 heterocycles. The van der Waals surface area contributed by atoms with E-state index in [-0.39, 0.29) is 17.6 Å². The van der Waals surface area contributed by atoms with Crippen molar-refractivity contribution in [2.75, 3.05) is 6.54 Å². The van der Waals surface area contributed by atoms with E-state index in [1.54, 1.807) is 24.3 Å². The molecule has 1 atom stereocenters. The quantitative estimate of drug-likeness (QED) is 0.695. The van der Waals surface area contributed by atoms with E-state index in [2.05, 4.69) is 5.32 Å². The minimum Gasteiger partial charge on any atom is -0.508 e. The van der Waals surface area contributed by atoms with Gasteiger partial charge in [-0.05, 0) is 24.1 Å². The van der Waals surface area contributed by atoms with E-state index in [4.69, 9.17) is 10.8 Å². The Balaban J connectivity index is 2.45. The lowest BCUT2D eigenvalue weighted by Crippen LogP contribution is -2.34. The van der Waals surface area contributed by atoms with E-state index in [0.29, 0.717) is 13.1 Å². The molecule has 0 aliphatic heterocycles. The smallest absolute Gasteiger partial charge is 0.224 e. The predicted molar refractivity (Wildman–Crippen MR) is 62.8 cm³/mol. The highest BCUT2D eigenvalue weighted by Crippen LogP contribution is 2.09. The number of nitrogens with one attached hydrogen (secondary N) is 1. The van der Waals surface area contributed by atoms with E-state index in [0.717, 1.165) is 12.0 Å². The summed E-state index contributed by atoms with van der Waals surface area (Å²) < 4.78 is 0. The summed E-state index contributed by atoms with van der Waals surface area (Å²) in [6, 6.07) is 6.75. The Kier molecular flexibility index (Phi) is 4.79. The largest absolute Gasteiger partial charge is 0.508 e. The molecule has 1 unspecified atom stereocenters. The third-order valence-electron chi connectivity index (χ3n) is 2.55. The predicted octanol–water partition coefficient (Wildman–Crippen LogP) is 0.993. The van der Waals surface area contributed by atoms with Crippen LogP contribution in [0.3, 0.4) is 0 Å². The maximum Gasteiger partial charge on any atom is 0.224 e. The molecule has 4 heteroatoms. The standard InChI is InChI=1S/C12H18N2O2/c1-2-10(7-13)12(16)14-8-9-3-5-11(15)6-4-9/h3-6,10,15H,2,7-8,13H2,1H3,(H,14,16). The van der Waals surface area contributed by atoms with Crippen molar-refractivity contribution in [3.05, 3.63) is 29.8 Å². The number of benzene rings is 1. The summed E-state index contributed by atoms with van der Waals surface area (Å²) >= 11 is 0. The van der Waals surface area contributed by atoms with Crippen molar-refractivity contribution < 1.29 is 9.90 Å². The zero-order chi connectivity index (χ0) is 12.0.